The Morgan fingerprint density at radius 1 is 1.19 bits per heavy atom. The van der Waals surface area contributed by atoms with Crippen LogP contribution in [0.4, 0.5) is 4.39 Å². The van der Waals surface area contributed by atoms with Crippen molar-refractivity contribution < 1.29 is 8.81 Å². The van der Waals surface area contributed by atoms with Gasteiger partial charge in [-0.15, -0.1) is 11.6 Å². The lowest BCUT2D eigenvalue weighted by Gasteiger charge is -2.08. The molecule has 0 N–H and O–H groups in total. The highest BCUT2D eigenvalue weighted by atomic mass is 35.5. The number of benzene rings is 1. The van der Waals surface area contributed by atoms with Crippen LogP contribution in [-0.2, 0) is 0 Å². The molecule has 1 nitrogen and oxygen atoms in total. The van der Waals surface area contributed by atoms with Gasteiger partial charge in [-0.2, -0.15) is 0 Å². The van der Waals surface area contributed by atoms with Crippen molar-refractivity contribution in [1.29, 1.82) is 0 Å². The topological polar surface area (TPSA) is 13.1 Å². The molecule has 0 spiro atoms. The first-order chi connectivity index (χ1) is 7.58. The van der Waals surface area contributed by atoms with E-state index in [2.05, 4.69) is 0 Å². The van der Waals surface area contributed by atoms with Gasteiger partial charge in [0.25, 0.3) is 0 Å². The smallest absolute Gasteiger partial charge is 0.123 e. The molecule has 1 heterocycles. The van der Waals surface area contributed by atoms with E-state index in [4.69, 9.17) is 16.0 Å². The molecule has 0 aliphatic carbocycles. The lowest BCUT2D eigenvalue weighted by atomic mass is 10.0. The maximum absolute atomic E-state index is 12.8. The molecule has 0 saturated carbocycles. The van der Waals surface area contributed by atoms with Crippen LogP contribution in [0.5, 0.6) is 0 Å². The van der Waals surface area contributed by atoms with Crippen LogP contribution in [-0.4, -0.2) is 0 Å². The fourth-order valence-electron chi connectivity index (χ4n) is 1.71. The molecule has 16 heavy (non-hydrogen) atoms. The molecule has 0 bridgehead atoms. The van der Waals surface area contributed by atoms with Gasteiger partial charge in [0.05, 0.1) is 5.38 Å². The van der Waals surface area contributed by atoms with Crippen molar-refractivity contribution in [2.45, 2.75) is 19.2 Å². The first kappa shape index (κ1) is 11.2. The summed E-state index contributed by atoms with van der Waals surface area (Å²) in [6, 6.07) is 8.11. The molecular formula is C13H12ClFO. The molecule has 1 atom stereocenters. The van der Waals surface area contributed by atoms with Crippen LogP contribution >= 0.6 is 11.6 Å². The third-order valence-corrected chi connectivity index (χ3v) is 3.00. The van der Waals surface area contributed by atoms with Crippen LogP contribution in [0.1, 0.15) is 28.0 Å². The van der Waals surface area contributed by atoms with Crippen LogP contribution in [0.3, 0.4) is 0 Å². The average Bonchev–Trinajstić information content (AvgIpc) is 2.58. The van der Waals surface area contributed by atoms with Crippen LogP contribution in [0.25, 0.3) is 0 Å². The van der Waals surface area contributed by atoms with Gasteiger partial charge >= 0.3 is 0 Å². The molecule has 0 fully saturated rings. The van der Waals surface area contributed by atoms with Crippen molar-refractivity contribution in [3.05, 3.63) is 58.8 Å². The van der Waals surface area contributed by atoms with Gasteiger partial charge in [-0.1, -0.05) is 12.1 Å². The maximum Gasteiger partial charge on any atom is 0.123 e. The number of rotatable bonds is 2. The number of aryl methyl sites for hydroxylation is 2. The lowest BCUT2D eigenvalue weighted by Crippen LogP contribution is -1.93. The molecular weight excluding hydrogens is 227 g/mol. The predicted molar refractivity (Wildman–Crippen MR) is 62.3 cm³/mol. The van der Waals surface area contributed by atoms with E-state index in [1.54, 1.807) is 12.1 Å². The Morgan fingerprint density at radius 3 is 2.31 bits per heavy atom. The number of halogens is 2. The van der Waals surface area contributed by atoms with Crippen LogP contribution in [0, 0.1) is 19.7 Å². The van der Waals surface area contributed by atoms with Gasteiger partial charge < -0.3 is 4.42 Å². The summed E-state index contributed by atoms with van der Waals surface area (Å²) in [6.07, 6.45) is 0. The van der Waals surface area contributed by atoms with Crippen LogP contribution in [0.2, 0.25) is 0 Å². The Hall–Kier alpha value is -1.28. The minimum absolute atomic E-state index is 0.257. The first-order valence-corrected chi connectivity index (χ1v) is 5.48. The molecule has 3 heteroatoms. The predicted octanol–water partition coefficient (Wildman–Crippen LogP) is 4.36. The SMILES string of the molecule is Cc1cc(C(Cl)c2ccc(F)cc2)c(C)o1. The summed E-state index contributed by atoms with van der Waals surface area (Å²) in [5.74, 6) is 1.38. The molecule has 0 aliphatic rings. The van der Waals surface area contributed by atoms with Crippen molar-refractivity contribution >= 4 is 11.6 Å². The van der Waals surface area contributed by atoms with Gasteiger partial charge in [-0.05, 0) is 37.6 Å². The Kier molecular flexibility index (Phi) is 3.01. The van der Waals surface area contributed by atoms with Gasteiger partial charge in [-0.25, -0.2) is 4.39 Å². The normalized spacial score (nSPS) is 12.8. The van der Waals surface area contributed by atoms with E-state index in [9.17, 15) is 4.39 Å². The highest BCUT2D eigenvalue weighted by Crippen LogP contribution is 2.32. The standard InChI is InChI=1S/C13H12ClFO/c1-8-7-12(9(2)16-8)13(14)10-3-5-11(15)6-4-10/h3-7,13H,1-2H3. The first-order valence-electron chi connectivity index (χ1n) is 5.04. The van der Waals surface area contributed by atoms with E-state index in [0.29, 0.717) is 0 Å². The zero-order chi connectivity index (χ0) is 11.7. The summed E-state index contributed by atoms with van der Waals surface area (Å²) < 4.78 is 18.2. The molecule has 1 aromatic heterocycles. The van der Waals surface area contributed by atoms with E-state index >= 15 is 0 Å². The van der Waals surface area contributed by atoms with E-state index < -0.39 is 0 Å². The molecule has 2 aromatic rings. The van der Waals surface area contributed by atoms with Crippen LogP contribution in [0.15, 0.2) is 34.7 Å². The third-order valence-electron chi connectivity index (χ3n) is 2.52. The number of furan rings is 1. The van der Waals surface area contributed by atoms with Crippen molar-refractivity contribution in [1.82, 2.24) is 0 Å². The Morgan fingerprint density at radius 2 is 1.81 bits per heavy atom. The molecule has 0 saturated heterocycles. The average molecular weight is 239 g/mol. The summed E-state index contributed by atoms with van der Waals surface area (Å²) in [5.41, 5.74) is 1.80. The second-order valence-corrected chi connectivity index (χ2v) is 4.22. The van der Waals surface area contributed by atoms with E-state index in [1.165, 1.54) is 12.1 Å². The molecule has 84 valence electrons. The monoisotopic (exact) mass is 238 g/mol. The molecule has 1 aromatic carbocycles. The van der Waals surface area contributed by atoms with E-state index in [1.807, 2.05) is 19.9 Å². The summed E-state index contributed by atoms with van der Waals surface area (Å²) in [7, 11) is 0. The number of hydrogen-bond donors (Lipinski definition) is 0. The number of hydrogen-bond acceptors (Lipinski definition) is 1. The van der Waals surface area contributed by atoms with Gasteiger partial charge in [-0.3, -0.25) is 0 Å². The van der Waals surface area contributed by atoms with E-state index in [-0.39, 0.29) is 11.2 Å². The Balaban J connectivity index is 2.35. The fraction of sp³-hybridized carbons (Fsp3) is 0.231. The maximum atomic E-state index is 12.8. The zero-order valence-corrected chi connectivity index (χ0v) is 9.88. The Labute approximate surface area is 98.8 Å². The molecule has 0 radical (unpaired) electrons. The van der Waals surface area contributed by atoms with Gasteiger partial charge in [0, 0.05) is 5.56 Å². The minimum Gasteiger partial charge on any atom is -0.466 e. The van der Waals surface area contributed by atoms with E-state index in [0.717, 1.165) is 22.6 Å². The lowest BCUT2D eigenvalue weighted by molar-refractivity contribution is 0.501. The Bertz CT molecular complexity index is 487. The summed E-state index contributed by atoms with van der Waals surface area (Å²) in [5, 5.41) is -0.293. The van der Waals surface area contributed by atoms with Crippen molar-refractivity contribution in [2.75, 3.05) is 0 Å². The van der Waals surface area contributed by atoms with Gasteiger partial charge in [0.2, 0.25) is 0 Å². The zero-order valence-electron chi connectivity index (χ0n) is 9.13. The quantitative estimate of drug-likeness (QED) is 0.709. The third kappa shape index (κ3) is 2.12. The summed E-state index contributed by atoms with van der Waals surface area (Å²) in [6.45, 7) is 3.76. The van der Waals surface area contributed by atoms with Crippen LogP contribution < -0.4 is 0 Å². The largest absolute Gasteiger partial charge is 0.466 e. The molecule has 2 rings (SSSR count). The highest BCUT2D eigenvalue weighted by molar-refractivity contribution is 6.22. The van der Waals surface area contributed by atoms with Gasteiger partial charge in [0.1, 0.15) is 17.3 Å². The fourth-order valence-corrected chi connectivity index (χ4v) is 2.08. The van der Waals surface area contributed by atoms with Crippen molar-refractivity contribution in [3.63, 3.8) is 0 Å². The van der Waals surface area contributed by atoms with Crippen molar-refractivity contribution in [2.24, 2.45) is 0 Å². The molecule has 0 aliphatic heterocycles. The second kappa shape index (κ2) is 4.30. The molecule has 0 amide bonds. The summed E-state index contributed by atoms with van der Waals surface area (Å²) in [4.78, 5) is 0. The van der Waals surface area contributed by atoms with Crippen molar-refractivity contribution in [3.8, 4) is 0 Å². The highest BCUT2D eigenvalue weighted by Gasteiger charge is 2.16. The minimum atomic E-state index is -0.293. The molecule has 1 unspecified atom stereocenters. The second-order valence-electron chi connectivity index (χ2n) is 3.78. The summed E-state index contributed by atoms with van der Waals surface area (Å²) >= 11 is 6.32. The van der Waals surface area contributed by atoms with Gasteiger partial charge in [0.15, 0.2) is 0 Å². The number of alkyl halides is 1.